The monoisotopic (exact) mass is 317 g/mol. The van der Waals surface area contributed by atoms with Crippen molar-refractivity contribution in [1.82, 2.24) is 4.98 Å². The van der Waals surface area contributed by atoms with Crippen LogP contribution in [-0.2, 0) is 9.31 Å². The Labute approximate surface area is 155 Å². The molecule has 1 aromatic rings. The molecular formula is C17H27BN2O2. The van der Waals surface area contributed by atoms with E-state index in [1.165, 1.54) is 0 Å². The Morgan fingerprint density at radius 3 is 2.55 bits per heavy atom. The Balaban J connectivity index is 2.30. The highest BCUT2D eigenvalue weighted by atomic mass is 16.7. The highest BCUT2D eigenvalue weighted by Gasteiger charge is 2.52. The summed E-state index contributed by atoms with van der Waals surface area (Å²) >= 11 is 0. The fourth-order valence-corrected chi connectivity index (χ4v) is 1.86. The maximum atomic E-state index is 8.47. The number of hydrogen-bond donors (Lipinski definition) is 0. The lowest BCUT2D eigenvalue weighted by Crippen LogP contribution is -2.41. The van der Waals surface area contributed by atoms with Crippen LogP contribution in [0.4, 0.5) is 5.69 Å². The molecule has 2 aliphatic heterocycles. The Hall–Kier alpha value is -1.07. The third kappa shape index (κ3) is 2.89. The first-order valence-corrected chi connectivity index (χ1v) is 6.79. The van der Waals surface area contributed by atoms with Crippen LogP contribution in [0.25, 0.3) is 0 Å². The van der Waals surface area contributed by atoms with E-state index in [-0.39, 0.29) is 10.5 Å². The summed E-state index contributed by atoms with van der Waals surface area (Å²) in [5, 5.41) is 0. The number of nitrogens with zero attached hydrogens (tertiary/aromatic N) is 2. The molecule has 3 heterocycles. The molecule has 0 spiro atoms. The second-order valence-electron chi connectivity index (χ2n) is 5.98. The Kier molecular flexibility index (Phi) is 1.45. The van der Waals surface area contributed by atoms with Crippen molar-refractivity contribution in [2.75, 3.05) is 17.9 Å². The molecule has 2 fully saturated rings. The van der Waals surface area contributed by atoms with E-state index in [0.717, 1.165) is 0 Å². The molecule has 0 atom stereocenters. The predicted molar refractivity (Wildman–Crippen MR) is 90.6 cm³/mol. The van der Waals surface area contributed by atoms with Crippen molar-refractivity contribution in [2.45, 2.75) is 58.5 Å². The molecule has 1 aromatic heterocycles. The molecule has 0 N–H and O–H groups in total. The standard InChI is InChI=1S/C17H27BN2O2/c1-13-8-10-20(11-9-13)14-6-7-15(19-12-14)18-21-16(2,3)17(4,5)22-18/h6-7,12-13H,8-11H2,1-5H3/i1D3,6D,7D,8D2,9D2,10D2,11D2,12D,13D. The molecule has 0 aliphatic carbocycles. The molecule has 0 bridgehead atoms. The summed E-state index contributed by atoms with van der Waals surface area (Å²) in [6.45, 7) is -4.63. The molecule has 3 rings (SSSR count). The first-order valence-electron chi connectivity index (χ1n) is 14.3. The molecule has 120 valence electrons. The van der Waals surface area contributed by atoms with Gasteiger partial charge in [-0.05, 0) is 58.4 Å². The van der Waals surface area contributed by atoms with Gasteiger partial charge in [0.05, 0.1) is 26.6 Å². The summed E-state index contributed by atoms with van der Waals surface area (Å²) in [6, 6.07) is -1.80. The van der Waals surface area contributed by atoms with Crippen LogP contribution in [0.1, 0.15) is 67.9 Å². The maximum absolute atomic E-state index is 8.47. The van der Waals surface area contributed by atoms with Gasteiger partial charge in [0.2, 0.25) is 0 Å². The SMILES string of the molecule is [2H]c1nc(B2OC(C)(C)C(C)(C)O2)c([2H])c([2H])c1N1C([2H])([2H])C([2H])([2H])C([2H])(C([2H])([2H])[2H])C([2H])([2H])C1([2H])[2H]. The Morgan fingerprint density at radius 2 is 1.95 bits per heavy atom. The fourth-order valence-electron chi connectivity index (χ4n) is 1.86. The van der Waals surface area contributed by atoms with Gasteiger partial charge in [-0.3, -0.25) is 4.98 Å². The number of aromatic nitrogens is 1. The second kappa shape index (κ2) is 5.53. The molecule has 0 amide bonds. The number of hydrogen-bond acceptors (Lipinski definition) is 4. The molecule has 2 aliphatic rings. The zero-order valence-corrected chi connectivity index (χ0v) is 12.8. The smallest absolute Gasteiger partial charge is 0.398 e. The number of anilines is 1. The van der Waals surface area contributed by atoms with Crippen molar-refractivity contribution >= 4 is 18.4 Å². The fraction of sp³-hybridized carbons (Fsp3) is 0.706. The van der Waals surface area contributed by atoms with Gasteiger partial charge in [0, 0.05) is 35.6 Å². The number of piperidine rings is 1. The minimum Gasteiger partial charge on any atom is -0.398 e. The van der Waals surface area contributed by atoms with Crippen molar-refractivity contribution < 1.29 is 29.9 Å². The van der Waals surface area contributed by atoms with Crippen LogP contribution in [0.3, 0.4) is 0 Å². The molecule has 0 unspecified atom stereocenters. The normalized spacial score (nSPS) is 45.9. The van der Waals surface area contributed by atoms with E-state index in [9.17, 15) is 0 Å². The van der Waals surface area contributed by atoms with Gasteiger partial charge in [0.15, 0.2) is 0 Å². The molecule has 22 heavy (non-hydrogen) atoms. The highest BCUT2D eigenvalue weighted by Crippen LogP contribution is 2.36. The van der Waals surface area contributed by atoms with Crippen LogP contribution in [0.5, 0.6) is 0 Å². The number of pyridine rings is 1. The van der Waals surface area contributed by atoms with Crippen molar-refractivity contribution in [2.24, 2.45) is 5.89 Å². The third-order valence-corrected chi connectivity index (χ3v) is 3.88. The molecule has 0 saturated carbocycles. The van der Waals surface area contributed by atoms with E-state index in [2.05, 4.69) is 4.98 Å². The largest absolute Gasteiger partial charge is 0.514 e. The summed E-state index contributed by atoms with van der Waals surface area (Å²) in [5.74, 6) is -3.96. The highest BCUT2D eigenvalue weighted by molar-refractivity contribution is 6.61. The van der Waals surface area contributed by atoms with Crippen molar-refractivity contribution in [1.29, 1.82) is 0 Å². The second-order valence-corrected chi connectivity index (χ2v) is 5.98. The van der Waals surface area contributed by atoms with Gasteiger partial charge in [-0.25, -0.2) is 0 Å². The van der Waals surface area contributed by atoms with Crippen LogP contribution in [-0.4, -0.2) is 36.3 Å². The summed E-state index contributed by atoms with van der Waals surface area (Å²) in [6.07, 6.45) is -8.88. The predicted octanol–water partition coefficient (Wildman–Crippen LogP) is 2.62. The van der Waals surface area contributed by atoms with E-state index in [1.807, 2.05) is 0 Å². The van der Waals surface area contributed by atoms with Gasteiger partial charge in [-0.1, -0.05) is 6.85 Å². The van der Waals surface area contributed by atoms with Crippen LogP contribution >= 0.6 is 0 Å². The van der Waals surface area contributed by atoms with Crippen molar-refractivity contribution in [3.05, 3.63) is 18.3 Å². The van der Waals surface area contributed by atoms with E-state index in [4.69, 9.17) is 29.9 Å². The Morgan fingerprint density at radius 1 is 1.32 bits per heavy atom. The molecule has 2 saturated heterocycles. The van der Waals surface area contributed by atoms with Gasteiger partial charge in [-0.2, -0.15) is 0 Å². The zero-order chi connectivity index (χ0) is 29.2. The third-order valence-electron chi connectivity index (χ3n) is 3.88. The lowest BCUT2D eigenvalue weighted by molar-refractivity contribution is 0.00578. The van der Waals surface area contributed by atoms with Gasteiger partial charge in [0.1, 0.15) is 0 Å². The van der Waals surface area contributed by atoms with Crippen LogP contribution < -0.4 is 10.5 Å². The van der Waals surface area contributed by atoms with Gasteiger partial charge in [0.25, 0.3) is 0 Å². The summed E-state index contributed by atoms with van der Waals surface area (Å²) < 4.78 is 135. The van der Waals surface area contributed by atoms with E-state index in [1.54, 1.807) is 27.7 Å². The zero-order valence-electron chi connectivity index (χ0n) is 27.8. The first-order chi connectivity index (χ1) is 16.1. The minimum absolute atomic E-state index is 0.220. The van der Waals surface area contributed by atoms with E-state index >= 15 is 0 Å². The van der Waals surface area contributed by atoms with Crippen LogP contribution in [0.15, 0.2) is 18.3 Å². The lowest BCUT2D eigenvalue weighted by Gasteiger charge is -2.32. The maximum Gasteiger partial charge on any atom is 0.514 e. The van der Waals surface area contributed by atoms with Crippen LogP contribution in [0.2, 0.25) is 0 Å². The van der Waals surface area contributed by atoms with E-state index in [0.29, 0.717) is 0 Å². The quantitative estimate of drug-likeness (QED) is 0.786. The topological polar surface area (TPSA) is 34.6 Å². The van der Waals surface area contributed by atoms with Crippen LogP contribution in [0, 0.1) is 5.89 Å². The average Bonchev–Trinajstić information content (AvgIpc) is 2.91. The van der Waals surface area contributed by atoms with E-state index < -0.39 is 80.8 Å². The van der Waals surface area contributed by atoms with Crippen molar-refractivity contribution in [3.63, 3.8) is 0 Å². The molecule has 4 nitrogen and oxygen atoms in total. The lowest BCUT2D eigenvalue weighted by atomic mass is 9.84. The van der Waals surface area contributed by atoms with Gasteiger partial charge < -0.3 is 14.2 Å². The van der Waals surface area contributed by atoms with Crippen molar-refractivity contribution in [3.8, 4) is 0 Å². The molecule has 5 heteroatoms. The molecule has 0 aromatic carbocycles. The minimum atomic E-state index is -3.96. The van der Waals surface area contributed by atoms with Gasteiger partial charge in [-0.15, -0.1) is 0 Å². The number of rotatable bonds is 2. The summed E-state index contributed by atoms with van der Waals surface area (Å²) in [7, 11) is -1.33. The first kappa shape index (κ1) is 5.78. The summed E-state index contributed by atoms with van der Waals surface area (Å²) in [4.78, 5) is 3.64. The molecular weight excluding hydrogens is 275 g/mol. The average molecular weight is 317 g/mol. The van der Waals surface area contributed by atoms with Gasteiger partial charge >= 0.3 is 7.12 Å². The Bertz CT molecular complexity index is 1080. The molecule has 0 radical (unpaired) electrons. The summed E-state index contributed by atoms with van der Waals surface area (Å²) in [5.41, 5.74) is -3.25.